The van der Waals surface area contributed by atoms with E-state index in [0.717, 1.165) is 5.69 Å². The first kappa shape index (κ1) is 10.7. The molecule has 0 aliphatic heterocycles. The molecule has 16 heavy (non-hydrogen) atoms. The van der Waals surface area contributed by atoms with Gasteiger partial charge in [0.2, 0.25) is 5.88 Å². The van der Waals surface area contributed by atoms with Crippen molar-refractivity contribution in [3.63, 3.8) is 0 Å². The number of hydrogen-bond acceptors (Lipinski definition) is 2. The molecule has 0 N–H and O–H groups in total. The summed E-state index contributed by atoms with van der Waals surface area (Å²) in [5.74, 6) is 0.682. The van der Waals surface area contributed by atoms with Crippen LogP contribution in [0.3, 0.4) is 0 Å². The Balaban J connectivity index is 2.02. The van der Waals surface area contributed by atoms with Gasteiger partial charge in [-0.3, -0.25) is 4.68 Å². The monoisotopic (exact) mass is 216 g/mol. The van der Waals surface area contributed by atoms with Crippen molar-refractivity contribution in [1.82, 2.24) is 9.78 Å². The van der Waals surface area contributed by atoms with Crippen LogP contribution >= 0.6 is 0 Å². The van der Waals surface area contributed by atoms with Gasteiger partial charge in [-0.25, -0.2) is 0 Å². The van der Waals surface area contributed by atoms with Crippen molar-refractivity contribution >= 4 is 0 Å². The lowest BCUT2D eigenvalue weighted by molar-refractivity contribution is 0.290. The molecule has 0 saturated carbocycles. The van der Waals surface area contributed by atoms with E-state index in [1.165, 1.54) is 11.1 Å². The molecule has 0 aliphatic rings. The smallest absolute Gasteiger partial charge is 0.233 e. The van der Waals surface area contributed by atoms with E-state index in [4.69, 9.17) is 4.74 Å². The summed E-state index contributed by atoms with van der Waals surface area (Å²) in [6.07, 6.45) is 0. The molecule has 0 amide bonds. The van der Waals surface area contributed by atoms with Gasteiger partial charge >= 0.3 is 0 Å². The van der Waals surface area contributed by atoms with Crippen molar-refractivity contribution < 1.29 is 4.74 Å². The van der Waals surface area contributed by atoms with Crippen LogP contribution in [0.15, 0.2) is 30.3 Å². The first-order valence-electron chi connectivity index (χ1n) is 5.34. The zero-order valence-electron chi connectivity index (χ0n) is 9.90. The van der Waals surface area contributed by atoms with Gasteiger partial charge in [0.25, 0.3) is 0 Å². The number of hydrogen-bond donors (Lipinski definition) is 0. The SMILES string of the molecule is Cc1cccc(COc2cc(C)n(C)n2)c1. The van der Waals surface area contributed by atoms with Gasteiger partial charge in [-0.2, -0.15) is 0 Å². The first-order valence-corrected chi connectivity index (χ1v) is 5.34. The van der Waals surface area contributed by atoms with E-state index in [0.29, 0.717) is 12.5 Å². The quantitative estimate of drug-likeness (QED) is 0.788. The van der Waals surface area contributed by atoms with Crippen LogP contribution in [0.1, 0.15) is 16.8 Å². The van der Waals surface area contributed by atoms with Crippen molar-refractivity contribution in [3.05, 3.63) is 47.2 Å². The number of aromatic nitrogens is 2. The highest BCUT2D eigenvalue weighted by Gasteiger charge is 2.02. The molecule has 0 atom stereocenters. The third-order valence-electron chi connectivity index (χ3n) is 2.56. The lowest BCUT2D eigenvalue weighted by Crippen LogP contribution is -1.97. The molecule has 0 bridgehead atoms. The van der Waals surface area contributed by atoms with E-state index in [2.05, 4.69) is 30.2 Å². The van der Waals surface area contributed by atoms with Gasteiger partial charge in [-0.15, -0.1) is 5.10 Å². The lowest BCUT2D eigenvalue weighted by atomic mass is 10.1. The van der Waals surface area contributed by atoms with Crippen LogP contribution in [-0.2, 0) is 13.7 Å². The fourth-order valence-electron chi connectivity index (χ4n) is 1.56. The molecular weight excluding hydrogens is 200 g/mol. The molecule has 0 aliphatic carbocycles. The van der Waals surface area contributed by atoms with Gasteiger partial charge < -0.3 is 4.74 Å². The van der Waals surface area contributed by atoms with E-state index in [1.807, 2.05) is 30.8 Å². The van der Waals surface area contributed by atoms with E-state index in [1.54, 1.807) is 0 Å². The predicted molar refractivity (Wildman–Crippen MR) is 63.5 cm³/mol. The molecular formula is C13H16N2O. The van der Waals surface area contributed by atoms with Crippen molar-refractivity contribution in [3.8, 4) is 5.88 Å². The second-order valence-corrected chi connectivity index (χ2v) is 4.03. The minimum atomic E-state index is 0.568. The normalized spacial score (nSPS) is 10.4. The van der Waals surface area contributed by atoms with Crippen molar-refractivity contribution in [2.75, 3.05) is 0 Å². The molecule has 0 unspecified atom stereocenters. The molecule has 3 nitrogen and oxygen atoms in total. The van der Waals surface area contributed by atoms with E-state index >= 15 is 0 Å². The molecule has 3 heteroatoms. The summed E-state index contributed by atoms with van der Waals surface area (Å²) in [7, 11) is 1.91. The van der Waals surface area contributed by atoms with Crippen LogP contribution in [0.25, 0.3) is 0 Å². The van der Waals surface area contributed by atoms with Crippen LogP contribution in [0, 0.1) is 13.8 Å². The molecule has 2 rings (SSSR count). The van der Waals surface area contributed by atoms with Crippen LogP contribution in [0.4, 0.5) is 0 Å². The maximum absolute atomic E-state index is 5.62. The standard InChI is InChI=1S/C13H16N2O/c1-10-5-4-6-12(7-10)9-16-13-8-11(2)15(3)14-13/h4-8H,9H2,1-3H3. The summed E-state index contributed by atoms with van der Waals surface area (Å²) in [6.45, 7) is 4.65. The summed E-state index contributed by atoms with van der Waals surface area (Å²) >= 11 is 0. The van der Waals surface area contributed by atoms with Crippen LogP contribution in [0.2, 0.25) is 0 Å². The van der Waals surface area contributed by atoms with Crippen LogP contribution < -0.4 is 4.74 Å². The van der Waals surface area contributed by atoms with Gasteiger partial charge in [0, 0.05) is 18.8 Å². The van der Waals surface area contributed by atoms with Gasteiger partial charge in [0.15, 0.2) is 0 Å². The second-order valence-electron chi connectivity index (χ2n) is 4.03. The number of ether oxygens (including phenoxy) is 1. The molecule has 0 fully saturated rings. The van der Waals surface area contributed by atoms with Crippen molar-refractivity contribution in [2.45, 2.75) is 20.5 Å². The highest BCUT2D eigenvalue weighted by molar-refractivity contribution is 5.22. The topological polar surface area (TPSA) is 27.1 Å². The maximum Gasteiger partial charge on any atom is 0.233 e. The second kappa shape index (κ2) is 4.39. The minimum Gasteiger partial charge on any atom is -0.472 e. The van der Waals surface area contributed by atoms with Crippen molar-refractivity contribution in [1.29, 1.82) is 0 Å². The lowest BCUT2D eigenvalue weighted by Gasteiger charge is -2.03. The van der Waals surface area contributed by atoms with E-state index in [-0.39, 0.29) is 0 Å². The summed E-state index contributed by atoms with van der Waals surface area (Å²) in [5.41, 5.74) is 3.51. The molecule has 0 saturated heterocycles. The molecule has 2 aromatic rings. The largest absolute Gasteiger partial charge is 0.472 e. The van der Waals surface area contributed by atoms with E-state index < -0.39 is 0 Å². The molecule has 1 heterocycles. The average Bonchev–Trinajstić information content (AvgIpc) is 2.56. The Bertz CT molecular complexity index is 469. The first-order chi connectivity index (χ1) is 7.65. The Labute approximate surface area is 95.7 Å². The fourth-order valence-corrected chi connectivity index (χ4v) is 1.56. The van der Waals surface area contributed by atoms with E-state index in [9.17, 15) is 0 Å². The highest BCUT2D eigenvalue weighted by atomic mass is 16.5. The third kappa shape index (κ3) is 2.42. The number of benzene rings is 1. The Hall–Kier alpha value is -1.77. The van der Waals surface area contributed by atoms with Crippen molar-refractivity contribution in [2.24, 2.45) is 7.05 Å². The van der Waals surface area contributed by atoms with Gasteiger partial charge in [-0.05, 0) is 19.4 Å². The van der Waals surface area contributed by atoms with Gasteiger partial charge in [0.1, 0.15) is 6.61 Å². The third-order valence-corrected chi connectivity index (χ3v) is 2.56. The minimum absolute atomic E-state index is 0.568. The number of rotatable bonds is 3. The summed E-state index contributed by atoms with van der Waals surface area (Å²) < 4.78 is 7.43. The summed E-state index contributed by atoms with van der Waals surface area (Å²) in [6, 6.07) is 10.2. The predicted octanol–water partition coefficient (Wildman–Crippen LogP) is 2.62. The maximum atomic E-state index is 5.62. The summed E-state index contributed by atoms with van der Waals surface area (Å²) in [4.78, 5) is 0. The fraction of sp³-hybridized carbons (Fsp3) is 0.308. The number of nitrogens with zero attached hydrogens (tertiary/aromatic N) is 2. The summed E-state index contributed by atoms with van der Waals surface area (Å²) in [5, 5.41) is 4.24. The Morgan fingerprint density at radius 3 is 2.69 bits per heavy atom. The number of aryl methyl sites for hydroxylation is 3. The Kier molecular flexibility index (Phi) is 2.95. The molecule has 1 aromatic heterocycles. The molecule has 0 radical (unpaired) electrons. The molecule has 1 aromatic carbocycles. The molecule has 0 spiro atoms. The Morgan fingerprint density at radius 1 is 1.25 bits per heavy atom. The Morgan fingerprint density at radius 2 is 2.06 bits per heavy atom. The van der Waals surface area contributed by atoms with Gasteiger partial charge in [0.05, 0.1) is 0 Å². The van der Waals surface area contributed by atoms with Gasteiger partial charge in [-0.1, -0.05) is 29.8 Å². The molecule has 84 valence electrons. The average molecular weight is 216 g/mol. The highest BCUT2D eigenvalue weighted by Crippen LogP contribution is 2.12. The van der Waals surface area contributed by atoms with Crippen LogP contribution in [-0.4, -0.2) is 9.78 Å². The zero-order valence-corrected chi connectivity index (χ0v) is 9.90. The van der Waals surface area contributed by atoms with Crippen LogP contribution in [0.5, 0.6) is 5.88 Å². The zero-order chi connectivity index (χ0) is 11.5.